The van der Waals surface area contributed by atoms with Gasteiger partial charge in [0.05, 0.1) is 4.88 Å². The largest absolute Gasteiger partial charge is 0.341 e. The molecule has 2 nitrogen and oxygen atoms in total. The molecule has 4 heteroatoms. The molecule has 1 aliphatic rings. The summed E-state index contributed by atoms with van der Waals surface area (Å²) in [5.74, 6) is 0.207. The molecule has 0 spiro atoms. The summed E-state index contributed by atoms with van der Waals surface area (Å²) >= 11 is 5.15. The number of amides is 1. The Morgan fingerprint density at radius 2 is 2.11 bits per heavy atom. The van der Waals surface area contributed by atoms with Gasteiger partial charge in [0.1, 0.15) is 0 Å². The minimum atomic E-state index is 0.207. The first-order chi connectivity index (χ1) is 9.22. The Morgan fingerprint density at radius 1 is 1.32 bits per heavy atom. The quantitative estimate of drug-likeness (QED) is 0.558. The van der Waals surface area contributed by atoms with Crippen LogP contribution < -0.4 is 0 Å². The average Bonchev–Trinajstić information content (AvgIpc) is 2.86. The van der Waals surface area contributed by atoms with Gasteiger partial charge >= 0.3 is 0 Å². The summed E-state index contributed by atoms with van der Waals surface area (Å²) in [4.78, 5) is 16.6. The van der Waals surface area contributed by atoms with Gasteiger partial charge in [-0.1, -0.05) is 22.4 Å². The first-order valence-corrected chi connectivity index (χ1v) is 9.09. The second-order valence-electron chi connectivity index (χ2n) is 5.24. The highest BCUT2D eigenvalue weighted by atomic mass is 79.9. The number of nitrogens with zero attached hydrogens (tertiary/aromatic N) is 1. The third-order valence-electron chi connectivity index (χ3n) is 3.68. The molecular weight excluding hydrogens is 322 g/mol. The number of fused-ring (bicyclic) bond motifs is 1. The van der Waals surface area contributed by atoms with E-state index in [1.54, 1.807) is 11.3 Å². The highest BCUT2D eigenvalue weighted by Crippen LogP contribution is 2.30. The highest BCUT2D eigenvalue weighted by Gasteiger charge is 2.19. The average molecular weight is 344 g/mol. The van der Waals surface area contributed by atoms with E-state index in [0.717, 1.165) is 29.6 Å². The number of unbranched alkanes of at least 4 members (excludes halogenated alkanes) is 2. The third-order valence-corrected chi connectivity index (χ3v) is 5.47. The fraction of sp³-hybridized carbons (Fsp3) is 0.667. The molecule has 0 fully saturated rings. The van der Waals surface area contributed by atoms with Gasteiger partial charge in [0.2, 0.25) is 0 Å². The Hall–Kier alpha value is -0.350. The number of hydrogen-bond donors (Lipinski definition) is 0. The Bertz CT molecular complexity index is 406. The lowest BCUT2D eigenvalue weighted by Crippen LogP contribution is -2.27. The Balaban J connectivity index is 1.89. The van der Waals surface area contributed by atoms with Crippen LogP contribution in [0, 0.1) is 0 Å². The number of carbonyl (C=O) groups excluding carboxylic acids is 1. The van der Waals surface area contributed by atoms with Crippen molar-refractivity contribution < 1.29 is 4.79 Å². The van der Waals surface area contributed by atoms with Gasteiger partial charge < -0.3 is 4.90 Å². The fourth-order valence-electron chi connectivity index (χ4n) is 2.51. The van der Waals surface area contributed by atoms with Crippen molar-refractivity contribution in [1.29, 1.82) is 0 Å². The van der Waals surface area contributed by atoms with E-state index in [0.29, 0.717) is 0 Å². The van der Waals surface area contributed by atoms with Crippen molar-refractivity contribution in [2.45, 2.75) is 44.9 Å². The van der Waals surface area contributed by atoms with Gasteiger partial charge in [-0.15, -0.1) is 11.3 Å². The number of hydrogen-bond acceptors (Lipinski definition) is 2. The molecule has 1 heterocycles. The molecule has 106 valence electrons. The molecule has 1 aliphatic carbocycles. The van der Waals surface area contributed by atoms with Gasteiger partial charge in [-0.3, -0.25) is 4.79 Å². The van der Waals surface area contributed by atoms with Crippen LogP contribution in [-0.2, 0) is 12.8 Å². The van der Waals surface area contributed by atoms with Crippen LogP contribution >= 0.6 is 27.3 Å². The molecule has 19 heavy (non-hydrogen) atoms. The predicted octanol–water partition coefficient (Wildman–Crippen LogP) is 4.26. The van der Waals surface area contributed by atoms with Crippen LogP contribution in [0.5, 0.6) is 0 Å². The maximum atomic E-state index is 12.4. The van der Waals surface area contributed by atoms with Gasteiger partial charge in [0.25, 0.3) is 5.91 Å². The second-order valence-corrected chi connectivity index (χ2v) is 7.17. The number of carbonyl (C=O) groups is 1. The first-order valence-electron chi connectivity index (χ1n) is 7.15. The van der Waals surface area contributed by atoms with Crippen molar-refractivity contribution in [3.05, 3.63) is 21.4 Å². The van der Waals surface area contributed by atoms with Crippen molar-refractivity contribution in [3.8, 4) is 0 Å². The molecule has 0 N–H and O–H groups in total. The Labute approximate surface area is 128 Å². The van der Waals surface area contributed by atoms with Gasteiger partial charge in [-0.2, -0.15) is 0 Å². The van der Waals surface area contributed by atoms with Crippen LogP contribution in [0.15, 0.2) is 6.07 Å². The van der Waals surface area contributed by atoms with Gasteiger partial charge in [-0.05, 0) is 50.2 Å². The summed E-state index contributed by atoms with van der Waals surface area (Å²) in [5, 5.41) is 1.06. The molecule has 0 radical (unpaired) electrons. The zero-order valence-corrected chi connectivity index (χ0v) is 14.0. The maximum absolute atomic E-state index is 12.4. The van der Waals surface area contributed by atoms with E-state index >= 15 is 0 Å². The molecule has 0 bridgehead atoms. The smallest absolute Gasteiger partial charge is 0.263 e. The maximum Gasteiger partial charge on any atom is 0.263 e. The van der Waals surface area contributed by atoms with E-state index in [1.165, 1.54) is 42.5 Å². The molecule has 0 saturated heterocycles. The van der Waals surface area contributed by atoms with E-state index in [2.05, 4.69) is 22.0 Å². The summed E-state index contributed by atoms with van der Waals surface area (Å²) in [6.07, 6.45) is 8.36. The highest BCUT2D eigenvalue weighted by molar-refractivity contribution is 9.09. The zero-order valence-electron chi connectivity index (χ0n) is 11.6. The summed E-state index contributed by atoms with van der Waals surface area (Å²) in [6.45, 7) is 0.869. The molecule has 1 amide bonds. The van der Waals surface area contributed by atoms with Crippen LogP contribution in [0.4, 0.5) is 0 Å². The molecule has 1 aromatic heterocycles. The lowest BCUT2D eigenvalue weighted by Gasteiger charge is -2.15. The number of rotatable bonds is 6. The minimum Gasteiger partial charge on any atom is -0.341 e. The standard InChI is InChI=1S/C15H22BrNOS/c1-17(10-6-2-5-9-16)15(18)14-11-12-7-3-4-8-13(12)19-14/h11H,2-10H2,1H3. The Kier molecular flexibility index (Phi) is 5.89. The summed E-state index contributed by atoms with van der Waals surface area (Å²) < 4.78 is 0. The van der Waals surface area contributed by atoms with Crippen LogP contribution in [-0.4, -0.2) is 29.7 Å². The zero-order chi connectivity index (χ0) is 13.7. The Morgan fingerprint density at radius 3 is 2.84 bits per heavy atom. The van der Waals surface area contributed by atoms with E-state index in [4.69, 9.17) is 0 Å². The van der Waals surface area contributed by atoms with Crippen molar-refractivity contribution in [1.82, 2.24) is 4.90 Å². The van der Waals surface area contributed by atoms with E-state index in [-0.39, 0.29) is 5.91 Å². The predicted molar refractivity (Wildman–Crippen MR) is 85.6 cm³/mol. The van der Waals surface area contributed by atoms with Crippen LogP contribution in [0.25, 0.3) is 0 Å². The van der Waals surface area contributed by atoms with Crippen molar-refractivity contribution in [2.24, 2.45) is 0 Å². The topological polar surface area (TPSA) is 20.3 Å². The van der Waals surface area contributed by atoms with Crippen LogP contribution in [0.2, 0.25) is 0 Å². The molecule has 0 aromatic carbocycles. The normalized spacial score (nSPS) is 14.2. The van der Waals surface area contributed by atoms with E-state index < -0.39 is 0 Å². The van der Waals surface area contributed by atoms with Crippen molar-refractivity contribution in [2.75, 3.05) is 18.9 Å². The summed E-state index contributed by atoms with van der Waals surface area (Å²) in [7, 11) is 1.93. The molecule has 0 unspecified atom stereocenters. The monoisotopic (exact) mass is 343 g/mol. The number of halogens is 1. The van der Waals surface area contributed by atoms with Crippen molar-refractivity contribution in [3.63, 3.8) is 0 Å². The van der Waals surface area contributed by atoms with E-state index in [1.807, 2.05) is 11.9 Å². The van der Waals surface area contributed by atoms with Crippen molar-refractivity contribution >= 4 is 33.2 Å². The van der Waals surface area contributed by atoms with Gasteiger partial charge in [-0.25, -0.2) is 0 Å². The molecule has 0 saturated carbocycles. The SMILES string of the molecule is CN(CCCCCBr)C(=O)c1cc2c(s1)CCCC2. The number of thiophene rings is 1. The summed E-state index contributed by atoms with van der Waals surface area (Å²) in [6, 6.07) is 2.14. The van der Waals surface area contributed by atoms with Crippen LogP contribution in [0.3, 0.4) is 0 Å². The number of alkyl halides is 1. The molecule has 1 aromatic rings. The van der Waals surface area contributed by atoms with E-state index in [9.17, 15) is 4.79 Å². The minimum absolute atomic E-state index is 0.207. The van der Waals surface area contributed by atoms with Gasteiger partial charge in [0.15, 0.2) is 0 Å². The summed E-state index contributed by atoms with van der Waals surface area (Å²) in [5.41, 5.74) is 1.42. The van der Waals surface area contributed by atoms with Gasteiger partial charge in [0, 0.05) is 23.8 Å². The molecule has 2 rings (SSSR count). The lowest BCUT2D eigenvalue weighted by atomic mass is 9.99. The first kappa shape index (κ1) is 15.0. The number of aryl methyl sites for hydroxylation is 2. The molecule has 0 aliphatic heterocycles. The fourth-order valence-corrected chi connectivity index (χ4v) is 4.15. The molecule has 0 atom stereocenters. The second kappa shape index (κ2) is 7.44. The molecular formula is C15H22BrNOS. The van der Waals surface area contributed by atoms with Crippen LogP contribution in [0.1, 0.15) is 52.2 Å². The lowest BCUT2D eigenvalue weighted by molar-refractivity contribution is 0.0797. The third kappa shape index (κ3) is 4.06.